The van der Waals surface area contributed by atoms with Crippen molar-refractivity contribution in [2.45, 2.75) is 24.2 Å². The molecular formula is C21H21N5O4S2. The minimum Gasteiger partial charge on any atom is -0.467 e. The summed E-state index contributed by atoms with van der Waals surface area (Å²) < 4.78 is 11.4. The number of urea groups is 1. The quantitative estimate of drug-likeness (QED) is 0.331. The summed E-state index contributed by atoms with van der Waals surface area (Å²) in [4.78, 5) is 25.0. The van der Waals surface area contributed by atoms with Gasteiger partial charge >= 0.3 is 12.0 Å². The van der Waals surface area contributed by atoms with Gasteiger partial charge < -0.3 is 25.1 Å². The zero-order valence-corrected chi connectivity index (χ0v) is 19.0. The van der Waals surface area contributed by atoms with Crippen LogP contribution in [0.25, 0.3) is 0 Å². The van der Waals surface area contributed by atoms with E-state index < -0.39 is 18.0 Å². The van der Waals surface area contributed by atoms with E-state index in [1.807, 2.05) is 31.2 Å². The van der Waals surface area contributed by atoms with Crippen molar-refractivity contribution < 1.29 is 18.7 Å². The normalized spacial score (nSPS) is 15.8. The Hall–Kier alpha value is -3.31. The van der Waals surface area contributed by atoms with Crippen molar-refractivity contribution in [3.05, 3.63) is 65.3 Å². The smallest absolute Gasteiger partial charge is 0.338 e. The molecule has 1 aromatic carbocycles. The van der Waals surface area contributed by atoms with Gasteiger partial charge in [-0.25, -0.2) is 9.59 Å². The summed E-state index contributed by atoms with van der Waals surface area (Å²) in [5.41, 5.74) is 2.84. The molecule has 4 rings (SSSR count). The Morgan fingerprint density at radius 2 is 2.09 bits per heavy atom. The standard InChI is InChI=1S/C21H21N5O4S2/c1-3-29-18(27)16-14(23-19(28)24-17(16)15-5-4-10-30-15)11-31-21-26-25-20(32-21)22-13-8-6-12(2)7-9-13/h4-10,17H,3,11H2,1-2H3,(H,22,25)(H2,23,24,28). The molecule has 0 saturated carbocycles. The second kappa shape index (κ2) is 9.88. The lowest BCUT2D eigenvalue weighted by molar-refractivity contribution is -0.139. The summed E-state index contributed by atoms with van der Waals surface area (Å²) >= 11 is 2.75. The maximum atomic E-state index is 12.7. The number of nitrogens with zero attached hydrogens (tertiary/aromatic N) is 2. The third kappa shape index (κ3) is 5.11. The molecule has 2 amide bonds. The van der Waals surface area contributed by atoms with Gasteiger partial charge in [0.15, 0.2) is 4.34 Å². The van der Waals surface area contributed by atoms with E-state index in [-0.39, 0.29) is 6.61 Å². The number of hydrogen-bond donors (Lipinski definition) is 3. The van der Waals surface area contributed by atoms with E-state index in [0.717, 1.165) is 5.69 Å². The molecular weight excluding hydrogens is 450 g/mol. The molecule has 1 atom stereocenters. The van der Waals surface area contributed by atoms with Crippen LogP contribution < -0.4 is 16.0 Å². The molecule has 1 aliphatic rings. The first-order chi connectivity index (χ1) is 15.5. The molecule has 1 aliphatic heterocycles. The Labute approximate surface area is 192 Å². The van der Waals surface area contributed by atoms with Crippen molar-refractivity contribution >= 4 is 45.9 Å². The number of benzene rings is 1. The number of esters is 1. The number of carbonyl (C=O) groups excluding carboxylic acids is 2. The molecule has 3 aromatic rings. The summed E-state index contributed by atoms with van der Waals surface area (Å²) in [5, 5.41) is 17.7. The minimum atomic E-state index is -0.735. The molecule has 1 unspecified atom stereocenters. The van der Waals surface area contributed by atoms with Crippen molar-refractivity contribution in [3.63, 3.8) is 0 Å². The number of amides is 2. The van der Waals surface area contributed by atoms with Crippen molar-refractivity contribution in [1.82, 2.24) is 20.8 Å². The average molecular weight is 472 g/mol. The number of ether oxygens (including phenoxy) is 1. The molecule has 3 N–H and O–H groups in total. The van der Waals surface area contributed by atoms with E-state index in [1.165, 1.54) is 34.9 Å². The number of aromatic nitrogens is 2. The van der Waals surface area contributed by atoms with Crippen molar-refractivity contribution in [2.24, 2.45) is 0 Å². The van der Waals surface area contributed by atoms with Gasteiger partial charge in [0, 0.05) is 17.1 Å². The highest BCUT2D eigenvalue weighted by Crippen LogP contribution is 2.33. The van der Waals surface area contributed by atoms with E-state index in [9.17, 15) is 9.59 Å². The number of carbonyl (C=O) groups is 2. The number of aryl methyl sites for hydroxylation is 1. The minimum absolute atomic E-state index is 0.214. The number of nitrogens with one attached hydrogen (secondary N) is 3. The molecule has 3 heterocycles. The summed E-state index contributed by atoms with van der Waals surface area (Å²) in [6.45, 7) is 3.97. The topological polar surface area (TPSA) is 118 Å². The number of anilines is 2. The summed E-state index contributed by atoms with van der Waals surface area (Å²) in [5.74, 6) is 0.236. The molecule has 166 valence electrons. The van der Waals surface area contributed by atoms with E-state index in [0.29, 0.717) is 32.3 Å². The molecule has 11 heteroatoms. The lowest BCUT2D eigenvalue weighted by Gasteiger charge is -2.27. The largest absolute Gasteiger partial charge is 0.467 e. The Morgan fingerprint density at radius 1 is 1.28 bits per heavy atom. The Balaban J connectivity index is 1.52. The third-order valence-electron chi connectivity index (χ3n) is 4.53. The zero-order chi connectivity index (χ0) is 22.5. The van der Waals surface area contributed by atoms with Crippen LogP contribution >= 0.6 is 23.1 Å². The van der Waals surface area contributed by atoms with E-state index >= 15 is 0 Å². The van der Waals surface area contributed by atoms with Gasteiger partial charge in [-0.1, -0.05) is 40.8 Å². The van der Waals surface area contributed by atoms with Crippen LogP contribution in [0.3, 0.4) is 0 Å². The Morgan fingerprint density at radius 3 is 2.81 bits per heavy atom. The Kier molecular flexibility index (Phi) is 6.76. The SMILES string of the molecule is CCOC(=O)C1=C(CSc2nnc(Nc3ccc(C)cc3)s2)NC(=O)NC1c1ccco1. The lowest BCUT2D eigenvalue weighted by Crippen LogP contribution is -2.46. The van der Waals surface area contributed by atoms with Crippen LogP contribution in [0.4, 0.5) is 15.6 Å². The van der Waals surface area contributed by atoms with Gasteiger partial charge in [-0.05, 0) is 38.1 Å². The first-order valence-corrected chi connectivity index (χ1v) is 11.6. The highest BCUT2D eigenvalue weighted by Gasteiger charge is 2.35. The summed E-state index contributed by atoms with van der Waals surface area (Å²) in [7, 11) is 0. The van der Waals surface area contributed by atoms with E-state index in [1.54, 1.807) is 19.1 Å². The lowest BCUT2D eigenvalue weighted by atomic mass is 10.0. The van der Waals surface area contributed by atoms with Crippen LogP contribution in [-0.4, -0.2) is 34.6 Å². The van der Waals surface area contributed by atoms with Crippen LogP contribution in [0.1, 0.15) is 24.3 Å². The molecule has 0 saturated heterocycles. The second-order valence-electron chi connectivity index (χ2n) is 6.81. The van der Waals surface area contributed by atoms with Crippen molar-refractivity contribution in [3.8, 4) is 0 Å². The number of thioether (sulfide) groups is 1. The fraction of sp³-hybridized carbons (Fsp3) is 0.238. The fourth-order valence-corrected chi connectivity index (χ4v) is 4.80. The second-order valence-corrected chi connectivity index (χ2v) is 9.01. The molecule has 0 bridgehead atoms. The van der Waals surface area contributed by atoms with Crippen LogP contribution in [0.15, 0.2) is 62.7 Å². The van der Waals surface area contributed by atoms with E-state index in [4.69, 9.17) is 9.15 Å². The highest BCUT2D eigenvalue weighted by molar-refractivity contribution is 8.01. The van der Waals surface area contributed by atoms with Crippen molar-refractivity contribution in [2.75, 3.05) is 17.7 Å². The maximum absolute atomic E-state index is 12.7. The highest BCUT2D eigenvalue weighted by atomic mass is 32.2. The monoisotopic (exact) mass is 471 g/mol. The van der Waals surface area contributed by atoms with E-state index in [2.05, 4.69) is 26.1 Å². The molecule has 0 aliphatic carbocycles. The predicted octanol–water partition coefficient (Wildman–Crippen LogP) is 4.15. The first-order valence-electron chi connectivity index (χ1n) is 9.84. The third-order valence-corrected chi connectivity index (χ3v) is 6.52. The predicted molar refractivity (Wildman–Crippen MR) is 122 cm³/mol. The number of rotatable bonds is 8. The Bertz CT molecular complexity index is 1130. The molecule has 0 fully saturated rings. The van der Waals surface area contributed by atoms with Gasteiger partial charge in [-0.2, -0.15) is 0 Å². The van der Waals surface area contributed by atoms with Crippen LogP contribution in [0.2, 0.25) is 0 Å². The number of hydrogen-bond acceptors (Lipinski definition) is 9. The molecule has 9 nitrogen and oxygen atoms in total. The summed E-state index contributed by atoms with van der Waals surface area (Å²) in [6, 6.07) is 10.2. The van der Waals surface area contributed by atoms with Crippen LogP contribution in [-0.2, 0) is 9.53 Å². The van der Waals surface area contributed by atoms with Gasteiger partial charge in [-0.15, -0.1) is 10.2 Å². The molecule has 0 radical (unpaired) electrons. The zero-order valence-electron chi connectivity index (χ0n) is 17.4. The van der Waals surface area contributed by atoms with Gasteiger partial charge in [-0.3, -0.25) is 0 Å². The van der Waals surface area contributed by atoms with Gasteiger partial charge in [0.1, 0.15) is 11.8 Å². The van der Waals surface area contributed by atoms with Gasteiger partial charge in [0.25, 0.3) is 0 Å². The van der Waals surface area contributed by atoms with Gasteiger partial charge in [0.05, 0.1) is 18.4 Å². The maximum Gasteiger partial charge on any atom is 0.338 e. The van der Waals surface area contributed by atoms with Crippen molar-refractivity contribution in [1.29, 1.82) is 0 Å². The average Bonchev–Trinajstić information content (AvgIpc) is 3.46. The van der Waals surface area contributed by atoms with Crippen LogP contribution in [0.5, 0.6) is 0 Å². The molecule has 2 aromatic heterocycles. The summed E-state index contributed by atoms with van der Waals surface area (Å²) in [6.07, 6.45) is 1.49. The van der Waals surface area contributed by atoms with Gasteiger partial charge in [0.2, 0.25) is 5.13 Å². The first kappa shape index (κ1) is 21.9. The fourth-order valence-electron chi connectivity index (χ4n) is 3.06. The molecule has 0 spiro atoms. The molecule has 32 heavy (non-hydrogen) atoms. The van der Waals surface area contributed by atoms with Crippen LogP contribution in [0, 0.1) is 6.92 Å². The number of furan rings is 1.